The van der Waals surface area contributed by atoms with Gasteiger partial charge in [0.05, 0.1) is 23.8 Å². The number of amides is 2. The highest BCUT2D eigenvalue weighted by Gasteiger charge is 2.35. The molecule has 4 aromatic rings. The number of carbonyl (C=O) groups is 2. The zero-order valence-electron chi connectivity index (χ0n) is 26.6. The molecule has 1 aromatic heterocycles. The molecule has 1 heterocycles. The van der Waals surface area contributed by atoms with E-state index in [1.165, 1.54) is 17.4 Å². The van der Waals surface area contributed by atoms with Crippen LogP contribution in [0.25, 0.3) is 21.2 Å². The largest absolute Gasteiger partial charge is 0.496 e. The van der Waals surface area contributed by atoms with Crippen LogP contribution in [0.15, 0.2) is 60.7 Å². The van der Waals surface area contributed by atoms with Gasteiger partial charge in [0, 0.05) is 41.3 Å². The van der Waals surface area contributed by atoms with Crippen molar-refractivity contribution in [3.05, 3.63) is 87.5 Å². The average molecular weight is 662 g/mol. The molecule has 0 saturated heterocycles. The molecule has 10 heteroatoms. The predicted octanol–water partition coefficient (Wildman–Crippen LogP) is 9.06. The Kier molecular flexibility index (Phi) is 9.90. The number of fused-ring (bicyclic) bond motifs is 1. The number of halogens is 2. The highest BCUT2D eigenvalue weighted by atomic mass is 35.5. The van der Waals surface area contributed by atoms with Crippen molar-refractivity contribution in [2.24, 2.45) is 0 Å². The van der Waals surface area contributed by atoms with E-state index >= 15 is 0 Å². The van der Waals surface area contributed by atoms with Gasteiger partial charge in [-0.2, -0.15) is 5.26 Å². The van der Waals surface area contributed by atoms with Crippen LogP contribution in [0.2, 0.25) is 5.02 Å². The van der Waals surface area contributed by atoms with Gasteiger partial charge in [0.15, 0.2) is 0 Å². The van der Waals surface area contributed by atoms with Crippen molar-refractivity contribution in [3.63, 3.8) is 0 Å². The lowest BCUT2D eigenvalue weighted by Crippen LogP contribution is -2.47. The van der Waals surface area contributed by atoms with Crippen LogP contribution >= 0.6 is 22.9 Å². The molecule has 0 aliphatic heterocycles. The number of methoxy groups -OCH3 is 1. The molecule has 7 nitrogen and oxygen atoms in total. The summed E-state index contributed by atoms with van der Waals surface area (Å²) in [6, 6.07) is 19.8. The van der Waals surface area contributed by atoms with E-state index in [1.807, 2.05) is 62.1 Å². The Morgan fingerprint density at radius 3 is 2.35 bits per heavy atom. The first-order chi connectivity index (χ1) is 21.9. The number of nitriles is 1. The van der Waals surface area contributed by atoms with Crippen LogP contribution in [-0.2, 0) is 11.3 Å². The number of benzene rings is 3. The highest BCUT2D eigenvalue weighted by Crippen LogP contribution is 2.40. The smallest absolute Gasteiger partial charge is 0.410 e. The second kappa shape index (κ2) is 13.7. The molecule has 3 aromatic carbocycles. The zero-order chi connectivity index (χ0) is 33.2. The van der Waals surface area contributed by atoms with Crippen LogP contribution in [0.4, 0.5) is 9.18 Å². The fourth-order valence-electron chi connectivity index (χ4n) is 5.98. The quantitative estimate of drug-likeness (QED) is 0.197. The molecule has 1 aliphatic carbocycles. The Labute approximate surface area is 278 Å². The molecule has 1 aliphatic rings. The predicted molar refractivity (Wildman–Crippen MR) is 180 cm³/mol. The zero-order valence-corrected chi connectivity index (χ0v) is 28.2. The van der Waals surface area contributed by atoms with Gasteiger partial charge in [0.25, 0.3) is 5.91 Å². The molecule has 0 bridgehead atoms. The molecule has 2 amide bonds. The van der Waals surface area contributed by atoms with E-state index < -0.39 is 11.4 Å². The van der Waals surface area contributed by atoms with E-state index in [9.17, 15) is 19.2 Å². The summed E-state index contributed by atoms with van der Waals surface area (Å²) in [5.74, 6) is -0.137. The van der Waals surface area contributed by atoms with Crippen molar-refractivity contribution >= 4 is 45.0 Å². The average Bonchev–Trinajstić information content (AvgIpc) is 3.39. The number of rotatable bonds is 7. The van der Waals surface area contributed by atoms with Gasteiger partial charge in [-0.25, -0.2) is 9.18 Å². The summed E-state index contributed by atoms with van der Waals surface area (Å²) in [4.78, 5) is 31.0. The topological polar surface area (TPSA) is 82.9 Å². The lowest BCUT2D eigenvalue weighted by Gasteiger charge is -2.40. The van der Waals surface area contributed by atoms with Gasteiger partial charge in [-0.3, -0.25) is 4.79 Å². The normalized spacial score (nSPS) is 16.5. The maximum Gasteiger partial charge on any atom is 0.410 e. The molecule has 5 rings (SSSR count). The summed E-state index contributed by atoms with van der Waals surface area (Å²) in [6.07, 6.45) is 2.28. The number of ether oxygens (including phenoxy) is 2. The van der Waals surface area contributed by atoms with Crippen molar-refractivity contribution < 1.29 is 23.5 Å². The van der Waals surface area contributed by atoms with E-state index in [0.29, 0.717) is 41.7 Å². The van der Waals surface area contributed by atoms with Gasteiger partial charge < -0.3 is 19.3 Å². The molecule has 1 saturated carbocycles. The van der Waals surface area contributed by atoms with E-state index in [0.717, 1.165) is 16.7 Å². The van der Waals surface area contributed by atoms with Crippen LogP contribution in [0.1, 0.15) is 67.3 Å². The standard InChI is InChI=1S/C36H37ClFN3O4S/c1-36(2,3)45-35(43)40(4)26-13-15-27(16-14-26)41(34(42)33-32(37)31-28(38)10-7-11-30(31)46-33)21-25-19-24(12-17-29(25)44-5)23-9-6-8-22(18-23)20-39/h6-12,17-19,26-27H,13-16,21H2,1-5H3. The van der Waals surface area contributed by atoms with E-state index in [1.54, 1.807) is 37.3 Å². The summed E-state index contributed by atoms with van der Waals surface area (Å²) in [5, 5.41) is 9.79. The van der Waals surface area contributed by atoms with E-state index in [2.05, 4.69) is 6.07 Å². The minimum absolute atomic E-state index is 0.0321. The number of hydrogen-bond acceptors (Lipinski definition) is 6. The monoisotopic (exact) mass is 661 g/mol. The SMILES string of the molecule is COc1ccc(-c2cccc(C#N)c2)cc1CN(C(=O)c1sc2cccc(F)c2c1Cl)C1CCC(N(C)C(=O)OC(C)(C)C)CC1. The summed E-state index contributed by atoms with van der Waals surface area (Å²) in [6.45, 7) is 5.74. The first-order valence-corrected chi connectivity index (χ1v) is 16.4. The van der Waals surface area contributed by atoms with Crippen LogP contribution in [0.5, 0.6) is 5.75 Å². The van der Waals surface area contributed by atoms with Crippen molar-refractivity contribution in [1.82, 2.24) is 9.80 Å². The fraction of sp³-hybridized carbons (Fsp3) is 0.361. The van der Waals surface area contributed by atoms with Gasteiger partial charge in [-0.05, 0) is 94.0 Å². The first kappa shape index (κ1) is 33.2. The van der Waals surface area contributed by atoms with E-state index in [-0.39, 0.29) is 45.9 Å². The third-order valence-electron chi connectivity index (χ3n) is 8.34. The Hall–Kier alpha value is -4.13. The number of nitrogens with zero attached hydrogens (tertiary/aromatic N) is 3. The maximum atomic E-state index is 14.8. The van der Waals surface area contributed by atoms with Gasteiger partial charge in [0.1, 0.15) is 22.0 Å². The van der Waals surface area contributed by atoms with Crippen molar-refractivity contribution in [2.75, 3.05) is 14.2 Å². The third-order valence-corrected chi connectivity index (χ3v) is 9.98. The first-order valence-electron chi connectivity index (χ1n) is 15.2. The van der Waals surface area contributed by atoms with Crippen molar-refractivity contribution in [1.29, 1.82) is 5.26 Å². The van der Waals surface area contributed by atoms with Gasteiger partial charge in [-0.1, -0.05) is 35.9 Å². The minimum Gasteiger partial charge on any atom is -0.496 e. The molecule has 0 spiro atoms. The number of hydrogen-bond donors (Lipinski definition) is 0. The second-order valence-corrected chi connectivity index (χ2v) is 14.0. The number of thiophene rings is 1. The highest BCUT2D eigenvalue weighted by molar-refractivity contribution is 7.21. The molecule has 0 radical (unpaired) electrons. The molecule has 0 atom stereocenters. The van der Waals surface area contributed by atoms with Gasteiger partial charge in [-0.15, -0.1) is 11.3 Å². The van der Waals surface area contributed by atoms with E-state index in [4.69, 9.17) is 21.1 Å². The fourth-order valence-corrected chi connectivity index (χ4v) is 7.49. The molecule has 240 valence electrons. The van der Waals surface area contributed by atoms with Crippen LogP contribution in [0.3, 0.4) is 0 Å². The summed E-state index contributed by atoms with van der Waals surface area (Å²) in [7, 11) is 3.34. The molecular formula is C36H37ClFN3O4S. The van der Waals surface area contributed by atoms with Crippen molar-refractivity contribution in [3.8, 4) is 22.9 Å². The van der Waals surface area contributed by atoms with Crippen LogP contribution in [-0.4, -0.2) is 53.6 Å². The minimum atomic E-state index is -0.599. The molecule has 0 unspecified atom stereocenters. The molecule has 1 fully saturated rings. The summed E-state index contributed by atoms with van der Waals surface area (Å²) >= 11 is 7.89. The van der Waals surface area contributed by atoms with Gasteiger partial charge >= 0.3 is 6.09 Å². The Morgan fingerprint density at radius 2 is 1.70 bits per heavy atom. The molecule has 0 N–H and O–H groups in total. The van der Waals surface area contributed by atoms with Crippen molar-refractivity contribution in [2.45, 2.75) is 70.7 Å². The van der Waals surface area contributed by atoms with Crippen LogP contribution < -0.4 is 4.74 Å². The molecular weight excluding hydrogens is 625 g/mol. The van der Waals surface area contributed by atoms with Gasteiger partial charge in [0.2, 0.25) is 0 Å². The summed E-state index contributed by atoms with van der Waals surface area (Å²) < 4.78 is 26.7. The third kappa shape index (κ3) is 7.14. The number of carbonyl (C=O) groups excluding carboxylic acids is 2. The molecule has 46 heavy (non-hydrogen) atoms. The lowest BCUT2D eigenvalue weighted by atomic mass is 9.89. The Balaban J connectivity index is 1.48. The second-order valence-electron chi connectivity index (χ2n) is 12.6. The Bertz CT molecular complexity index is 1800. The van der Waals surface area contributed by atoms with Crippen LogP contribution in [0, 0.1) is 17.1 Å². The summed E-state index contributed by atoms with van der Waals surface area (Å²) in [5.41, 5.74) is 2.48. The lowest BCUT2D eigenvalue weighted by molar-refractivity contribution is 0.0144. The maximum absolute atomic E-state index is 14.8. The Morgan fingerprint density at radius 1 is 1.02 bits per heavy atom.